The summed E-state index contributed by atoms with van der Waals surface area (Å²) >= 11 is 0. The first-order valence-corrected chi connectivity index (χ1v) is 11.1. The van der Waals surface area contributed by atoms with Crippen molar-refractivity contribution >= 4 is 0 Å². The number of rotatable bonds is 1. The fraction of sp³-hybridized carbons (Fsp3) is 0.267. The molecule has 1 fully saturated rings. The Morgan fingerprint density at radius 3 is 1.65 bits per heavy atom. The molecule has 3 aromatic rings. The van der Waals surface area contributed by atoms with E-state index in [0.717, 1.165) is 47.9 Å². The molecular formula is C30H27F. The minimum Gasteiger partial charge on any atom is -0.205 e. The van der Waals surface area contributed by atoms with Crippen LogP contribution in [-0.4, -0.2) is 0 Å². The van der Waals surface area contributed by atoms with E-state index < -0.39 is 0 Å². The van der Waals surface area contributed by atoms with Gasteiger partial charge in [0.15, 0.2) is 0 Å². The van der Waals surface area contributed by atoms with E-state index in [9.17, 15) is 0 Å². The lowest BCUT2D eigenvalue weighted by atomic mass is 9.81. The highest BCUT2D eigenvalue weighted by Crippen LogP contribution is 2.36. The van der Waals surface area contributed by atoms with Gasteiger partial charge in [-0.25, -0.2) is 4.39 Å². The molecule has 1 saturated carbocycles. The first-order valence-electron chi connectivity index (χ1n) is 11.1. The SMILES string of the molecule is Cc1ccc(C#Cc2ccc(C#Cc3ccc(C)cc3)c(C3CCCCC3)c2F)cc1. The van der Waals surface area contributed by atoms with Crippen LogP contribution in [0.5, 0.6) is 0 Å². The fourth-order valence-electron chi connectivity index (χ4n) is 4.14. The van der Waals surface area contributed by atoms with Crippen LogP contribution < -0.4 is 0 Å². The average molecular weight is 407 g/mol. The van der Waals surface area contributed by atoms with E-state index in [-0.39, 0.29) is 11.7 Å². The van der Waals surface area contributed by atoms with E-state index in [4.69, 9.17) is 0 Å². The Kier molecular flexibility index (Phi) is 6.54. The number of halogens is 1. The molecule has 0 aliphatic heterocycles. The predicted octanol–water partition coefficient (Wildman–Crippen LogP) is 7.29. The lowest BCUT2D eigenvalue weighted by Gasteiger charge is -2.24. The van der Waals surface area contributed by atoms with Crippen LogP contribution in [0.3, 0.4) is 0 Å². The zero-order valence-corrected chi connectivity index (χ0v) is 18.3. The molecule has 0 aromatic heterocycles. The summed E-state index contributed by atoms with van der Waals surface area (Å²) in [6.45, 7) is 4.10. The van der Waals surface area contributed by atoms with E-state index in [1.54, 1.807) is 6.07 Å². The van der Waals surface area contributed by atoms with Crippen LogP contribution in [-0.2, 0) is 0 Å². The van der Waals surface area contributed by atoms with Crippen molar-refractivity contribution in [3.8, 4) is 23.7 Å². The van der Waals surface area contributed by atoms with E-state index in [1.165, 1.54) is 17.5 Å². The Morgan fingerprint density at radius 2 is 1.10 bits per heavy atom. The summed E-state index contributed by atoms with van der Waals surface area (Å²) in [4.78, 5) is 0. The van der Waals surface area contributed by atoms with Gasteiger partial charge in [0.05, 0.1) is 5.56 Å². The van der Waals surface area contributed by atoms with Crippen molar-refractivity contribution in [3.63, 3.8) is 0 Å². The fourth-order valence-corrected chi connectivity index (χ4v) is 4.14. The van der Waals surface area contributed by atoms with Gasteiger partial charge in [0.1, 0.15) is 5.82 Å². The van der Waals surface area contributed by atoms with Gasteiger partial charge in [-0.05, 0) is 69.0 Å². The number of hydrogen-bond acceptors (Lipinski definition) is 0. The smallest absolute Gasteiger partial charge is 0.143 e. The summed E-state index contributed by atoms with van der Waals surface area (Å²) in [5.74, 6) is 12.7. The van der Waals surface area contributed by atoms with Crippen LogP contribution in [0.1, 0.15) is 77.0 Å². The monoisotopic (exact) mass is 406 g/mol. The van der Waals surface area contributed by atoms with E-state index in [0.29, 0.717) is 5.56 Å². The summed E-state index contributed by atoms with van der Waals surface area (Å²) in [6.07, 6.45) is 5.56. The molecule has 0 amide bonds. The predicted molar refractivity (Wildman–Crippen MR) is 127 cm³/mol. The van der Waals surface area contributed by atoms with Gasteiger partial charge in [0.25, 0.3) is 0 Å². The first-order chi connectivity index (χ1) is 15.1. The molecule has 0 radical (unpaired) electrons. The minimum atomic E-state index is -0.192. The summed E-state index contributed by atoms with van der Waals surface area (Å²) in [6, 6.07) is 19.9. The highest BCUT2D eigenvalue weighted by Gasteiger charge is 2.23. The van der Waals surface area contributed by atoms with Crippen molar-refractivity contribution in [2.24, 2.45) is 0 Å². The Balaban J connectivity index is 1.73. The molecule has 1 aliphatic rings. The Labute approximate surface area is 185 Å². The highest BCUT2D eigenvalue weighted by atomic mass is 19.1. The van der Waals surface area contributed by atoms with Gasteiger partial charge in [-0.1, -0.05) is 78.3 Å². The lowest BCUT2D eigenvalue weighted by molar-refractivity contribution is 0.429. The highest BCUT2D eigenvalue weighted by molar-refractivity contribution is 5.54. The molecule has 0 unspecified atom stereocenters. The molecule has 0 heterocycles. The van der Waals surface area contributed by atoms with Crippen molar-refractivity contribution in [3.05, 3.63) is 105 Å². The molecule has 0 N–H and O–H groups in total. The second kappa shape index (κ2) is 9.68. The molecule has 1 heteroatoms. The molecule has 31 heavy (non-hydrogen) atoms. The van der Waals surface area contributed by atoms with Gasteiger partial charge in [-0.15, -0.1) is 0 Å². The summed E-state index contributed by atoms with van der Waals surface area (Å²) in [5.41, 5.74) is 6.25. The van der Waals surface area contributed by atoms with Crippen LogP contribution >= 0.6 is 0 Å². The van der Waals surface area contributed by atoms with E-state index >= 15 is 4.39 Å². The third-order valence-corrected chi connectivity index (χ3v) is 5.98. The lowest BCUT2D eigenvalue weighted by Crippen LogP contribution is -2.10. The van der Waals surface area contributed by atoms with Crippen LogP contribution in [0.25, 0.3) is 0 Å². The summed E-state index contributed by atoms with van der Waals surface area (Å²) in [5, 5.41) is 0. The second-order valence-corrected chi connectivity index (χ2v) is 8.46. The van der Waals surface area contributed by atoms with Gasteiger partial charge in [0.2, 0.25) is 0 Å². The first kappa shape index (κ1) is 21.0. The Hall–Kier alpha value is -3.29. The number of benzene rings is 3. The average Bonchev–Trinajstić information content (AvgIpc) is 2.80. The normalized spacial score (nSPS) is 13.6. The van der Waals surface area contributed by atoms with Crippen molar-refractivity contribution < 1.29 is 4.39 Å². The molecule has 4 rings (SSSR count). The Morgan fingerprint density at radius 1 is 0.613 bits per heavy atom. The summed E-state index contributed by atoms with van der Waals surface area (Å²) in [7, 11) is 0. The van der Waals surface area contributed by atoms with Crippen LogP contribution in [0.15, 0.2) is 60.7 Å². The van der Waals surface area contributed by atoms with Crippen molar-refractivity contribution in [1.82, 2.24) is 0 Å². The largest absolute Gasteiger partial charge is 0.205 e. The molecule has 0 saturated heterocycles. The molecule has 0 nitrogen and oxygen atoms in total. The Bertz CT molecular complexity index is 1170. The standard InChI is InChI=1S/C30H27F/c1-22-8-12-24(13-9-22)16-18-27-20-21-28(19-17-25-14-10-23(2)11-15-25)30(31)29(27)26-6-4-3-5-7-26/h8-15,20-21,26H,3-7H2,1-2H3. The van der Waals surface area contributed by atoms with Gasteiger partial charge in [-0.3, -0.25) is 0 Å². The maximum Gasteiger partial charge on any atom is 0.143 e. The topological polar surface area (TPSA) is 0 Å². The maximum absolute atomic E-state index is 15.7. The molecule has 0 spiro atoms. The molecule has 154 valence electrons. The molecule has 3 aromatic carbocycles. The maximum atomic E-state index is 15.7. The molecule has 1 aliphatic carbocycles. The van der Waals surface area contributed by atoms with Crippen molar-refractivity contribution in [1.29, 1.82) is 0 Å². The third-order valence-electron chi connectivity index (χ3n) is 5.98. The molecular weight excluding hydrogens is 379 g/mol. The van der Waals surface area contributed by atoms with Crippen LogP contribution in [0.2, 0.25) is 0 Å². The number of aryl methyl sites for hydroxylation is 2. The minimum absolute atomic E-state index is 0.192. The quantitative estimate of drug-likeness (QED) is 0.372. The van der Waals surface area contributed by atoms with Gasteiger partial charge in [0, 0.05) is 22.3 Å². The van der Waals surface area contributed by atoms with Gasteiger partial charge in [-0.2, -0.15) is 0 Å². The van der Waals surface area contributed by atoms with Gasteiger partial charge < -0.3 is 0 Å². The van der Waals surface area contributed by atoms with E-state index in [2.05, 4.69) is 42.7 Å². The van der Waals surface area contributed by atoms with Crippen LogP contribution in [0.4, 0.5) is 4.39 Å². The molecule has 0 bridgehead atoms. The van der Waals surface area contributed by atoms with Crippen LogP contribution in [0, 0.1) is 43.3 Å². The third kappa shape index (κ3) is 5.25. The van der Waals surface area contributed by atoms with Crippen molar-refractivity contribution in [2.75, 3.05) is 0 Å². The number of hydrogen-bond donors (Lipinski definition) is 0. The van der Waals surface area contributed by atoms with Gasteiger partial charge >= 0.3 is 0 Å². The second-order valence-electron chi connectivity index (χ2n) is 8.46. The van der Waals surface area contributed by atoms with E-state index in [1.807, 2.05) is 49.4 Å². The molecule has 0 atom stereocenters. The zero-order valence-electron chi connectivity index (χ0n) is 18.3. The summed E-state index contributed by atoms with van der Waals surface area (Å²) < 4.78 is 15.7. The van der Waals surface area contributed by atoms with Crippen molar-refractivity contribution in [2.45, 2.75) is 51.9 Å². The zero-order chi connectivity index (χ0) is 21.6.